The Morgan fingerprint density at radius 2 is 2.32 bits per heavy atom. The molecule has 104 valence electrons. The summed E-state index contributed by atoms with van der Waals surface area (Å²) >= 11 is 0. The maximum Gasteiger partial charge on any atom is 0.250 e. The van der Waals surface area contributed by atoms with E-state index in [4.69, 9.17) is 16.2 Å². The Kier molecular flexibility index (Phi) is 3.90. The number of amides is 1. The topological polar surface area (TPSA) is 81.6 Å². The van der Waals surface area contributed by atoms with Crippen molar-refractivity contribution in [1.82, 2.24) is 0 Å². The molecule has 1 amide bonds. The van der Waals surface area contributed by atoms with Crippen molar-refractivity contribution in [2.24, 2.45) is 5.73 Å². The van der Waals surface area contributed by atoms with Gasteiger partial charge in [0.05, 0.1) is 30.5 Å². The number of primary amides is 1. The van der Waals surface area contributed by atoms with Crippen LogP contribution >= 0.6 is 0 Å². The SMILES string of the molecule is CCC1COCCN1c1cc(C(N)=O)c(N)cc1F. The van der Waals surface area contributed by atoms with E-state index in [0.29, 0.717) is 25.4 Å². The number of morpholine rings is 1. The fourth-order valence-corrected chi connectivity index (χ4v) is 2.32. The molecule has 4 N–H and O–H groups in total. The van der Waals surface area contributed by atoms with Gasteiger partial charge in [-0.2, -0.15) is 0 Å². The molecular formula is C13H18FN3O2. The number of benzene rings is 1. The molecule has 1 aromatic rings. The van der Waals surface area contributed by atoms with Gasteiger partial charge in [-0.3, -0.25) is 4.79 Å². The summed E-state index contributed by atoms with van der Waals surface area (Å²) in [5.41, 5.74) is 11.4. The van der Waals surface area contributed by atoms with Crippen LogP contribution in [0.2, 0.25) is 0 Å². The summed E-state index contributed by atoms with van der Waals surface area (Å²) in [5.74, 6) is -1.09. The second-order valence-electron chi connectivity index (χ2n) is 4.59. The van der Waals surface area contributed by atoms with Gasteiger partial charge in [0.2, 0.25) is 0 Å². The van der Waals surface area contributed by atoms with Crippen molar-refractivity contribution in [3.63, 3.8) is 0 Å². The van der Waals surface area contributed by atoms with Crippen LogP contribution < -0.4 is 16.4 Å². The fourth-order valence-electron chi connectivity index (χ4n) is 2.32. The maximum absolute atomic E-state index is 14.1. The summed E-state index contributed by atoms with van der Waals surface area (Å²) in [7, 11) is 0. The zero-order valence-electron chi connectivity index (χ0n) is 10.9. The van der Waals surface area contributed by atoms with Gasteiger partial charge in [-0.1, -0.05) is 6.92 Å². The highest BCUT2D eigenvalue weighted by molar-refractivity contribution is 5.99. The number of anilines is 2. The van der Waals surface area contributed by atoms with Crippen LogP contribution in [0.4, 0.5) is 15.8 Å². The standard InChI is InChI=1S/C13H18FN3O2/c1-2-8-7-19-4-3-17(8)12-5-9(13(16)18)11(15)6-10(12)14/h5-6,8H,2-4,7,15H2,1H3,(H2,16,18). The van der Waals surface area contributed by atoms with Crippen molar-refractivity contribution in [3.05, 3.63) is 23.5 Å². The number of ether oxygens (including phenoxy) is 1. The Hall–Kier alpha value is -1.82. The third-order valence-electron chi connectivity index (χ3n) is 3.39. The van der Waals surface area contributed by atoms with Crippen LogP contribution in [0.25, 0.3) is 0 Å². The Balaban J connectivity index is 2.42. The van der Waals surface area contributed by atoms with E-state index in [9.17, 15) is 9.18 Å². The van der Waals surface area contributed by atoms with Crippen molar-refractivity contribution in [2.75, 3.05) is 30.4 Å². The summed E-state index contributed by atoms with van der Waals surface area (Å²) in [5, 5.41) is 0. The Morgan fingerprint density at radius 1 is 1.58 bits per heavy atom. The zero-order chi connectivity index (χ0) is 14.0. The highest BCUT2D eigenvalue weighted by Gasteiger charge is 2.25. The number of hydrogen-bond acceptors (Lipinski definition) is 4. The molecule has 1 atom stereocenters. The van der Waals surface area contributed by atoms with Gasteiger partial charge < -0.3 is 21.1 Å². The molecule has 1 saturated heterocycles. The summed E-state index contributed by atoms with van der Waals surface area (Å²) in [6.07, 6.45) is 0.829. The molecular weight excluding hydrogens is 249 g/mol. The van der Waals surface area contributed by atoms with E-state index < -0.39 is 11.7 Å². The number of nitrogen functional groups attached to an aromatic ring is 1. The number of rotatable bonds is 3. The molecule has 1 unspecified atom stereocenters. The van der Waals surface area contributed by atoms with Crippen molar-refractivity contribution in [1.29, 1.82) is 0 Å². The van der Waals surface area contributed by atoms with E-state index in [-0.39, 0.29) is 17.3 Å². The lowest BCUT2D eigenvalue weighted by Gasteiger charge is -2.37. The monoisotopic (exact) mass is 267 g/mol. The Bertz CT molecular complexity index is 493. The smallest absolute Gasteiger partial charge is 0.250 e. The Morgan fingerprint density at radius 3 is 2.95 bits per heavy atom. The lowest BCUT2D eigenvalue weighted by atomic mass is 10.1. The van der Waals surface area contributed by atoms with Crippen LogP contribution in [0.3, 0.4) is 0 Å². The number of hydrogen-bond donors (Lipinski definition) is 2. The largest absolute Gasteiger partial charge is 0.398 e. The predicted molar refractivity (Wildman–Crippen MR) is 71.6 cm³/mol. The summed E-state index contributed by atoms with van der Waals surface area (Å²) < 4.78 is 19.5. The molecule has 5 nitrogen and oxygen atoms in total. The van der Waals surface area contributed by atoms with Gasteiger partial charge in [-0.05, 0) is 18.6 Å². The summed E-state index contributed by atoms with van der Waals surface area (Å²) in [4.78, 5) is 13.2. The van der Waals surface area contributed by atoms with Gasteiger partial charge in [0, 0.05) is 12.2 Å². The minimum absolute atomic E-state index is 0.0649. The van der Waals surface area contributed by atoms with Gasteiger partial charge in [-0.25, -0.2) is 4.39 Å². The van der Waals surface area contributed by atoms with Gasteiger partial charge in [-0.15, -0.1) is 0 Å². The first kappa shape index (κ1) is 13.6. The van der Waals surface area contributed by atoms with Crippen LogP contribution in [0.1, 0.15) is 23.7 Å². The molecule has 0 bridgehead atoms. The number of nitrogens with two attached hydrogens (primary N) is 2. The molecule has 0 saturated carbocycles. The average molecular weight is 267 g/mol. The normalized spacial score (nSPS) is 19.5. The highest BCUT2D eigenvalue weighted by Crippen LogP contribution is 2.28. The van der Waals surface area contributed by atoms with Gasteiger partial charge >= 0.3 is 0 Å². The third-order valence-corrected chi connectivity index (χ3v) is 3.39. The Labute approximate surface area is 111 Å². The van der Waals surface area contributed by atoms with E-state index in [1.165, 1.54) is 6.07 Å². The second-order valence-corrected chi connectivity index (χ2v) is 4.59. The molecule has 2 rings (SSSR count). The van der Waals surface area contributed by atoms with Crippen molar-refractivity contribution in [3.8, 4) is 0 Å². The van der Waals surface area contributed by atoms with Crippen molar-refractivity contribution < 1.29 is 13.9 Å². The number of carbonyl (C=O) groups is 1. The molecule has 1 fully saturated rings. The van der Waals surface area contributed by atoms with Crippen molar-refractivity contribution >= 4 is 17.3 Å². The van der Waals surface area contributed by atoms with E-state index in [2.05, 4.69) is 0 Å². The van der Waals surface area contributed by atoms with Crippen molar-refractivity contribution in [2.45, 2.75) is 19.4 Å². The average Bonchev–Trinajstić information content (AvgIpc) is 2.38. The van der Waals surface area contributed by atoms with Gasteiger partial charge in [0.25, 0.3) is 5.91 Å². The highest BCUT2D eigenvalue weighted by atomic mass is 19.1. The molecule has 1 aromatic carbocycles. The first-order valence-electron chi connectivity index (χ1n) is 6.27. The quantitative estimate of drug-likeness (QED) is 0.804. The molecule has 0 spiro atoms. The van der Waals surface area contributed by atoms with Crippen LogP contribution in [0.15, 0.2) is 12.1 Å². The molecule has 0 aliphatic carbocycles. The van der Waals surface area contributed by atoms with Crippen LogP contribution in [-0.4, -0.2) is 31.7 Å². The molecule has 0 aromatic heterocycles. The van der Waals surface area contributed by atoms with E-state index in [1.807, 2.05) is 11.8 Å². The minimum atomic E-state index is -0.653. The number of halogens is 1. The molecule has 1 heterocycles. The van der Waals surface area contributed by atoms with Gasteiger partial charge in [0.15, 0.2) is 0 Å². The molecule has 0 radical (unpaired) electrons. The first-order valence-corrected chi connectivity index (χ1v) is 6.27. The molecule has 6 heteroatoms. The van der Waals surface area contributed by atoms with E-state index in [0.717, 1.165) is 12.5 Å². The molecule has 1 aliphatic heterocycles. The second kappa shape index (κ2) is 5.44. The lowest BCUT2D eigenvalue weighted by molar-refractivity contribution is 0.0926. The van der Waals surface area contributed by atoms with Crippen LogP contribution in [-0.2, 0) is 4.74 Å². The summed E-state index contributed by atoms with van der Waals surface area (Å²) in [6.45, 7) is 3.67. The third kappa shape index (κ3) is 2.63. The zero-order valence-corrected chi connectivity index (χ0v) is 10.9. The number of nitrogens with zero attached hydrogens (tertiary/aromatic N) is 1. The predicted octanol–water partition coefficient (Wildman–Crippen LogP) is 1.12. The van der Waals surface area contributed by atoms with E-state index >= 15 is 0 Å². The molecule has 1 aliphatic rings. The number of carbonyl (C=O) groups excluding carboxylic acids is 1. The fraction of sp³-hybridized carbons (Fsp3) is 0.462. The minimum Gasteiger partial charge on any atom is -0.398 e. The van der Waals surface area contributed by atoms with E-state index in [1.54, 1.807) is 0 Å². The summed E-state index contributed by atoms with van der Waals surface area (Å²) in [6, 6.07) is 2.67. The molecule has 19 heavy (non-hydrogen) atoms. The van der Waals surface area contributed by atoms with Crippen LogP contribution in [0, 0.1) is 5.82 Å². The maximum atomic E-state index is 14.1. The lowest BCUT2D eigenvalue weighted by Crippen LogP contribution is -2.45. The van der Waals surface area contributed by atoms with Gasteiger partial charge in [0.1, 0.15) is 5.82 Å². The van der Waals surface area contributed by atoms with Crippen LogP contribution in [0.5, 0.6) is 0 Å². The first-order chi connectivity index (χ1) is 9.04.